The third kappa shape index (κ3) is 3.55. The van der Waals surface area contributed by atoms with E-state index >= 15 is 0 Å². The highest BCUT2D eigenvalue weighted by atomic mass is 32.2. The van der Waals surface area contributed by atoms with Crippen molar-refractivity contribution in [2.24, 2.45) is 5.92 Å². The van der Waals surface area contributed by atoms with Gasteiger partial charge in [-0.25, -0.2) is 12.7 Å². The molecule has 1 aliphatic rings. The first-order chi connectivity index (χ1) is 9.38. The van der Waals surface area contributed by atoms with Crippen molar-refractivity contribution < 1.29 is 13.3 Å². The van der Waals surface area contributed by atoms with Crippen LogP contribution in [0.5, 0.6) is 0 Å². The highest BCUT2D eigenvalue weighted by Crippen LogP contribution is 2.21. The summed E-state index contributed by atoms with van der Waals surface area (Å²) in [6, 6.07) is 5.68. The number of rotatable bonds is 4. The molecule has 1 aromatic carbocycles. The summed E-state index contributed by atoms with van der Waals surface area (Å²) < 4.78 is 26.2. The van der Waals surface area contributed by atoms with Crippen LogP contribution in [0.2, 0.25) is 0 Å². The molecule has 20 heavy (non-hydrogen) atoms. The lowest BCUT2D eigenvalue weighted by Crippen LogP contribution is -2.39. The van der Waals surface area contributed by atoms with Gasteiger partial charge in [0.1, 0.15) is 0 Å². The minimum Gasteiger partial charge on any atom is -0.258 e. The van der Waals surface area contributed by atoms with Gasteiger partial charge in [0.25, 0.3) is 5.69 Å². The number of piperidine rings is 1. The van der Waals surface area contributed by atoms with Gasteiger partial charge >= 0.3 is 0 Å². The molecule has 1 fully saturated rings. The summed E-state index contributed by atoms with van der Waals surface area (Å²) in [6.45, 7) is 3.18. The maximum absolute atomic E-state index is 12.3. The molecule has 0 N–H and O–H groups in total. The SMILES string of the molecule is CC1CCCN(S(=O)(=O)Cc2ccc([N+](=O)[O-])cc2)C1. The lowest BCUT2D eigenvalue weighted by molar-refractivity contribution is -0.384. The highest BCUT2D eigenvalue weighted by Gasteiger charge is 2.27. The molecule has 1 heterocycles. The number of sulfonamides is 1. The van der Waals surface area contributed by atoms with Crippen molar-refractivity contribution in [2.75, 3.05) is 13.1 Å². The molecule has 110 valence electrons. The Morgan fingerprint density at radius 3 is 2.55 bits per heavy atom. The lowest BCUT2D eigenvalue weighted by atomic mass is 10.0. The van der Waals surface area contributed by atoms with Gasteiger partial charge in [-0.3, -0.25) is 10.1 Å². The molecule has 0 radical (unpaired) electrons. The lowest BCUT2D eigenvalue weighted by Gasteiger charge is -2.30. The normalized spacial score (nSPS) is 20.8. The van der Waals surface area contributed by atoms with Gasteiger partial charge in [-0.15, -0.1) is 0 Å². The monoisotopic (exact) mass is 298 g/mol. The average Bonchev–Trinajstić information content (AvgIpc) is 2.39. The van der Waals surface area contributed by atoms with Crippen LogP contribution < -0.4 is 0 Å². The quantitative estimate of drug-likeness (QED) is 0.630. The number of non-ortho nitro benzene ring substituents is 1. The minimum absolute atomic E-state index is 0.0299. The van der Waals surface area contributed by atoms with Gasteiger partial charge in [-0.2, -0.15) is 0 Å². The van der Waals surface area contributed by atoms with Crippen LogP contribution in [0, 0.1) is 16.0 Å². The summed E-state index contributed by atoms with van der Waals surface area (Å²) in [5.74, 6) is 0.285. The summed E-state index contributed by atoms with van der Waals surface area (Å²) >= 11 is 0. The third-order valence-electron chi connectivity index (χ3n) is 3.51. The second kappa shape index (κ2) is 5.88. The van der Waals surface area contributed by atoms with E-state index in [4.69, 9.17) is 0 Å². The fourth-order valence-corrected chi connectivity index (χ4v) is 4.10. The van der Waals surface area contributed by atoms with Gasteiger partial charge in [0, 0.05) is 25.2 Å². The first kappa shape index (κ1) is 14.9. The number of benzene rings is 1. The maximum Gasteiger partial charge on any atom is 0.269 e. The first-order valence-electron chi connectivity index (χ1n) is 6.59. The Bertz CT molecular complexity index is 583. The molecule has 0 amide bonds. The first-order valence-corrected chi connectivity index (χ1v) is 8.20. The molecule has 7 heteroatoms. The molecule has 1 aliphatic heterocycles. The molecule has 0 bridgehead atoms. The predicted molar refractivity (Wildman–Crippen MR) is 75.7 cm³/mol. The zero-order valence-corrected chi connectivity index (χ0v) is 12.2. The van der Waals surface area contributed by atoms with Crippen LogP contribution in [0.25, 0.3) is 0 Å². The van der Waals surface area contributed by atoms with Gasteiger partial charge in [-0.1, -0.05) is 19.1 Å². The van der Waals surface area contributed by atoms with Crippen molar-refractivity contribution in [3.63, 3.8) is 0 Å². The fraction of sp³-hybridized carbons (Fsp3) is 0.538. The summed E-state index contributed by atoms with van der Waals surface area (Å²) in [5, 5.41) is 10.6. The van der Waals surface area contributed by atoms with E-state index < -0.39 is 14.9 Å². The van der Waals surface area contributed by atoms with Crippen molar-refractivity contribution in [1.82, 2.24) is 4.31 Å². The van der Waals surface area contributed by atoms with E-state index in [1.54, 1.807) is 0 Å². The number of hydrogen-bond donors (Lipinski definition) is 0. The van der Waals surface area contributed by atoms with Crippen molar-refractivity contribution in [1.29, 1.82) is 0 Å². The molecular weight excluding hydrogens is 280 g/mol. The van der Waals surface area contributed by atoms with Gasteiger partial charge in [-0.05, 0) is 24.3 Å². The largest absolute Gasteiger partial charge is 0.269 e. The van der Waals surface area contributed by atoms with Crippen LogP contribution >= 0.6 is 0 Å². The molecule has 1 atom stereocenters. The number of nitro groups is 1. The molecule has 0 saturated carbocycles. The van der Waals surface area contributed by atoms with E-state index in [0.29, 0.717) is 24.6 Å². The van der Waals surface area contributed by atoms with Crippen molar-refractivity contribution in [3.05, 3.63) is 39.9 Å². The van der Waals surface area contributed by atoms with Crippen molar-refractivity contribution in [2.45, 2.75) is 25.5 Å². The van der Waals surface area contributed by atoms with Crippen LogP contribution in [-0.4, -0.2) is 30.7 Å². The molecule has 6 nitrogen and oxygen atoms in total. The molecule has 0 aromatic heterocycles. The summed E-state index contributed by atoms with van der Waals surface area (Å²) in [7, 11) is -3.34. The predicted octanol–water partition coefficient (Wildman–Crippen LogP) is 2.16. The van der Waals surface area contributed by atoms with E-state index in [0.717, 1.165) is 12.8 Å². The second-order valence-electron chi connectivity index (χ2n) is 5.29. The molecule has 1 unspecified atom stereocenters. The van der Waals surface area contributed by atoms with E-state index in [-0.39, 0.29) is 11.4 Å². The number of nitro benzene ring substituents is 1. The summed E-state index contributed by atoms with van der Waals surface area (Å²) in [6.07, 6.45) is 1.95. The molecule has 0 spiro atoms. The van der Waals surface area contributed by atoms with Crippen LogP contribution in [-0.2, 0) is 15.8 Å². The van der Waals surface area contributed by atoms with Gasteiger partial charge < -0.3 is 0 Å². The number of nitrogens with zero attached hydrogens (tertiary/aromatic N) is 2. The zero-order valence-electron chi connectivity index (χ0n) is 11.4. The maximum atomic E-state index is 12.3. The summed E-state index contributed by atoms with van der Waals surface area (Å²) in [5.41, 5.74) is 0.548. The van der Waals surface area contributed by atoms with Crippen LogP contribution in [0.1, 0.15) is 25.3 Å². The Morgan fingerprint density at radius 2 is 2.00 bits per heavy atom. The Hall–Kier alpha value is -1.47. The van der Waals surface area contributed by atoms with Crippen LogP contribution in [0.3, 0.4) is 0 Å². The highest BCUT2D eigenvalue weighted by molar-refractivity contribution is 7.88. The van der Waals surface area contributed by atoms with Crippen molar-refractivity contribution in [3.8, 4) is 0 Å². The summed E-state index contributed by atoms with van der Waals surface area (Å²) in [4.78, 5) is 10.1. The fourth-order valence-electron chi connectivity index (χ4n) is 2.41. The van der Waals surface area contributed by atoms with Crippen LogP contribution in [0.15, 0.2) is 24.3 Å². The molecule has 0 aliphatic carbocycles. The standard InChI is InChI=1S/C13H18N2O4S/c1-11-3-2-8-14(9-11)20(18,19)10-12-4-6-13(7-5-12)15(16)17/h4-7,11H,2-3,8-10H2,1H3. The van der Waals surface area contributed by atoms with Crippen molar-refractivity contribution >= 4 is 15.7 Å². The van der Waals surface area contributed by atoms with E-state index in [2.05, 4.69) is 0 Å². The van der Waals surface area contributed by atoms with Gasteiger partial charge in [0.05, 0.1) is 10.7 Å². The Kier molecular flexibility index (Phi) is 4.39. The van der Waals surface area contributed by atoms with Gasteiger partial charge in [0.2, 0.25) is 10.0 Å². The van der Waals surface area contributed by atoms with E-state index in [1.165, 1.54) is 28.6 Å². The topological polar surface area (TPSA) is 80.5 Å². The van der Waals surface area contributed by atoms with Crippen LogP contribution in [0.4, 0.5) is 5.69 Å². The Balaban J connectivity index is 2.09. The Morgan fingerprint density at radius 1 is 1.35 bits per heavy atom. The molecular formula is C13H18N2O4S. The zero-order chi connectivity index (χ0) is 14.8. The Labute approximate surface area is 118 Å². The smallest absolute Gasteiger partial charge is 0.258 e. The van der Waals surface area contributed by atoms with E-state index in [9.17, 15) is 18.5 Å². The third-order valence-corrected chi connectivity index (χ3v) is 5.33. The minimum atomic E-state index is -3.34. The average molecular weight is 298 g/mol. The van der Waals surface area contributed by atoms with Gasteiger partial charge in [0.15, 0.2) is 0 Å². The molecule has 1 saturated heterocycles. The van der Waals surface area contributed by atoms with E-state index in [1.807, 2.05) is 6.92 Å². The molecule has 2 rings (SSSR count). The second-order valence-corrected chi connectivity index (χ2v) is 7.25. The molecule has 1 aromatic rings. The number of hydrogen-bond acceptors (Lipinski definition) is 4.